The van der Waals surface area contributed by atoms with E-state index in [0.29, 0.717) is 18.7 Å². The molecule has 0 amide bonds. The van der Waals surface area contributed by atoms with E-state index in [2.05, 4.69) is 5.32 Å². The molecule has 1 atom stereocenters. The van der Waals surface area contributed by atoms with E-state index in [-0.39, 0.29) is 15.8 Å². The van der Waals surface area contributed by atoms with E-state index >= 15 is 0 Å². The monoisotopic (exact) mass is 346 g/mol. The molecule has 22 heavy (non-hydrogen) atoms. The molecule has 8 heteroatoms. The zero-order chi connectivity index (χ0) is 16.3. The lowest BCUT2D eigenvalue weighted by atomic mass is 10.2. The minimum Gasteiger partial charge on any atom is -0.465 e. The van der Waals surface area contributed by atoms with Crippen LogP contribution in [0, 0.1) is 6.92 Å². The van der Waals surface area contributed by atoms with Crippen molar-refractivity contribution < 1.29 is 17.9 Å². The number of aryl methyl sites for hydroxylation is 1. The second-order valence-electron chi connectivity index (χ2n) is 5.33. The van der Waals surface area contributed by atoms with E-state index in [9.17, 15) is 13.2 Å². The normalized spacial score (nSPS) is 18.8. The third-order valence-corrected chi connectivity index (χ3v) is 7.09. The molecule has 1 aromatic rings. The van der Waals surface area contributed by atoms with E-state index < -0.39 is 16.0 Å². The Kier molecular flexibility index (Phi) is 5.60. The number of nitrogens with zero attached hydrogens (tertiary/aromatic N) is 1. The molecule has 0 radical (unpaired) electrons. The van der Waals surface area contributed by atoms with Gasteiger partial charge in [0.1, 0.15) is 9.77 Å². The number of carbonyl (C=O) groups is 1. The Morgan fingerprint density at radius 3 is 2.82 bits per heavy atom. The number of nitrogens with one attached hydrogen (secondary N) is 1. The summed E-state index contributed by atoms with van der Waals surface area (Å²) >= 11 is 1.12. The fourth-order valence-electron chi connectivity index (χ4n) is 2.71. The van der Waals surface area contributed by atoms with Crippen LogP contribution in [-0.2, 0) is 14.8 Å². The SMILES string of the molecule is CCCN(C1CCNC1)S(=O)(=O)c1c(C)csc1C(=O)OC. The molecule has 0 aliphatic carbocycles. The first-order valence-electron chi connectivity index (χ1n) is 7.32. The Balaban J connectivity index is 2.47. The maximum Gasteiger partial charge on any atom is 0.349 e. The van der Waals surface area contributed by atoms with Gasteiger partial charge in [0.05, 0.1) is 7.11 Å². The van der Waals surface area contributed by atoms with Crippen molar-refractivity contribution in [1.82, 2.24) is 9.62 Å². The van der Waals surface area contributed by atoms with Crippen molar-refractivity contribution in [2.75, 3.05) is 26.7 Å². The summed E-state index contributed by atoms with van der Waals surface area (Å²) in [7, 11) is -2.45. The third-order valence-electron chi connectivity index (χ3n) is 3.74. The van der Waals surface area contributed by atoms with Crippen LogP contribution in [0.2, 0.25) is 0 Å². The Morgan fingerprint density at radius 2 is 2.27 bits per heavy atom. The molecule has 2 rings (SSSR count). The highest BCUT2D eigenvalue weighted by atomic mass is 32.2. The van der Waals surface area contributed by atoms with Gasteiger partial charge in [-0.25, -0.2) is 13.2 Å². The molecular formula is C14H22N2O4S2. The number of thiophene rings is 1. The van der Waals surface area contributed by atoms with Crippen molar-refractivity contribution in [2.45, 2.75) is 37.6 Å². The van der Waals surface area contributed by atoms with Gasteiger partial charge in [0.25, 0.3) is 0 Å². The van der Waals surface area contributed by atoms with Gasteiger partial charge >= 0.3 is 5.97 Å². The number of sulfonamides is 1. The number of methoxy groups -OCH3 is 1. The molecule has 0 spiro atoms. The van der Waals surface area contributed by atoms with Gasteiger partial charge in [-0.2, -0.15) is 4.31 Å². The standard InChI is InChI=1S/C14H22N2O4S2/c1-4-7-16(11-5-6-15-8-11)22(18,19)13-10(2)9-21-12(13)14(17)20-3/h9,11,15H,4-8H2,1-3H3. The third kappa shape index (κ3) is 3.19. The van der Waals surface area contributed by atoms with Gasteiger partial charge in [0, 0.05) is 19.1 Å². The van der Waals surface area contributed by atoms with Crippen molar-refractivity contribution in [3.05, 3.63) is 15.8 Å². The second-order valence-corrected chi connectivity index (χ2v) is 8.04. The molecule has 1 N–H and O–H groups in total. The molecule has 1 saturated heterocycles. The first-order valence-corrected chi connectivity index (χ1v) is 9.64. The smallest absolute Gasteiger partial charge is 0.349 e. The van der Waals surface area contributed by atoms with Crippen molar-refractivity contribution in [1.29, 1.82) is 0 Å². The van der Waals surface area contributed by atoms with Crippen molar-refractivity contribution in [2.24, 2.45) is 0 Å². The molecule has 1 aromatic heterocycles. The summed E-state index contributed by atoms with van der Waals surface area (Å²) in [6.07, 6.45) is 1.52. The lowest BCUT2D eigenvalue weighted by Crippen LogP contribution is -2.42. The van der Waals surface area contributed by atoms with E-state index in [4.69, 9.17) is 4.74 Å². The van der Waals surface area contributed by atoms with Crippen LogP contribution < -0.4 is 5.32 Å². The number of rotatable bonds is 6. The Labute approximate surface area is 135 Å². The predicted octanol–water partition coefficient (Wildman–Crippen LogP) is 1.61. The number of hydrogen-bond donors (Lipinski definition) is 1. The van der Waals surface area contributed by atoms with Crippen LogP contribution in [0.4, 0.5) is 0 Å². The topological polar surface area (TPSA) is 75.7 Å². The molecule has 6 nitrogen and oxygen atoms in total. The number of carbonyl (C=O) groups excluding carboxylic acids is 1. The van der Waals surface area contributed by atoms with E-state index in [1.165, 1.54) is 11.4 Å². The Bertz CT molecular complexity index is 633. The summed E-state index contributed by atoms with van der Waals surface area (Å²) in [4.78, 5) is 12.1. The largest absolute Gasteiger partial charge is 0.465 e. The van der Waals surface area contributed by atoms with Crippen molar-refractivity contribution in [3.8, 4) is 0 Å². The van der Waals surface area contributed by atoms with Crippen LogP contribution in [-0.4, -0.2) is 51.5 Å². The average Bonchev–Trinajstić information content (AvgIpc) is 3.13. The minimum absolute atomic E-state index is 0.0604. The summed E-state index contributed by atoms with van der Waals surface area (Å²) in [5.41, 5.74) is 0.595. The number of ether oxygens (including phenoxy) is 1. The maximum absolute atomic E-state index is 13.1. The second kappa shape index (κ2) is 7.08. The van der Waals surface area contributed by atoms with Crippen LogP contribution in [0.3, 0.4) is 0 Å². The molecule has 1 fully saturated rings. The zero-order valence-corrected chi connectivity index (χ0v) is 14.7. The molecule has 1 aliphatic heterocycles. The summed E-state index contributed by atoms with van der Waals surface area (Å²) in [6, 6.07) is -0.0604. The maximum atomic E-state index is 13.1. The van der Waals surface area contributed by atoms with Gasteiger partial charge in [0.15, 0.2) is 0 Å². The van der Waals surface area contributed by atoms with E-state index in [0.717, 1.165) is 30.7 Å². The van der Waals surface area contributed by atoms with Gasteiger partial charge in [-0.1, -0.05) is 6.92 Å². The molecule has 1 unspecified atom stereocenters. The number of esters is 1. The van der Waals surface area contributed by atoms with Crippen LogP contribution in [0.1, 0.15) is 35.0 Å². The molecule has 124 valence electrons. The van der Waals surface area contributed by atoms with E-state index in [1.807, 2.05) is 6.92 Å². The van der Waals surface area contributed by atoms with Crippen LogP contribution in [0.25, 0.3) is 0 Å². The quantitative estimate of drug-likeness (QED) is 0.792. The molecule has 0 bridgehead atoms. The summed E-state index contributed by atoms with van der Waals surface area (Å²) in [6.45, 7) is 5.58. The summed E-state index contributed by atoms with van der Waals surface area (Å²) in [5, 5.41) is 4.89. The highest BCUT2D eigenvalue weighted by molar-refractivity contribution is 7.89. The van der Waals surface area contributed by atoms with Crippen molar-refractivity contribution >= 4 is 27.3 Å². The molecule has 0 saturated carbocycles. The summed E-state index contributed by atoms with van der Waals surface area (Å²) in [5.74, 6) is -0.599. The summed E-state index contributed by atoms with van der Waals surface area (Å²) < 4.78 is 32.5. The predicted molar refractivity (Wildman–Crippen MR) is 85.9 cm³/mol. The van der Waals surface area contributed by atoms with Gasteiger partial charge < -0.3 is 10.1 Å². The first kappa shape index (κ1) is 17.4. The van der Waals surface area contributed by atoms with Gasteiger partial charge in [-0.05, 0) is 37.3 Å². The lowest BCUT2D eigenvalue weighted by molar-refractivity contribution is 0.0602. The highest BCUT2D eigenvalue weighted by Gasteiger charge is 2.37. The van der Waals surface area contributed by atoms with Crippen LogP contribution in [0.5, 0.6) is 0 Å². The van der Waals surface area contributed by atoms with Crippen LogP contribution >= 0.6 is 11.3 Å². The first-order chi connectivity index (χ1) is 10.4. The number of hydrogen-bond acceptors (Lipinski definition) is 6. The molecule has 0 aromatic carbocycles. The lowest BCUT2D eigenvalue weighted by Gasteiger charge is -2.27. The zero-order valence-electron chi connectivity index (χ0n) is 13.1. The molecular weight excluding hydrogens is 324 g/mol. The highest BCUT2D eigenvalue weighted by Crippen LogP contribution is 2.32. The molecule has 1 aliphatic rings. The Morgan fingerprint density at radius 1 is 1.55 bits per heavy atom. The molecule has 2 heterocycles. The fraction of sp³-hybridized carbons (Fsp3) is 0.643. The minimum atomic E-state index is -3.72. The van der Waals surface area contributed by atoms with Gasteiger partial charge in [0.2, 0.25) is 10.0 Å². The average molecular weight is 346 g/mol. The van der Waals surface area contributed by atoms with Crippen LogP contribution in [0.15, 0.2) is 10.3 Å². The van der Waals surface area contributed by atoms with E-state index in [1.54, 1.807) is 12.3 Å². The Hall–Kier alpha value is -0.960. The van der Waals surface area contributed by atoms with Gasteiger partial charge in [-0.15, -0.1) is 11.3 Å². The van der Waals surface area contributed by atoms with Gasteiger partial charge in [-0.3, -0.25) is 0 Å². The fourth-order valence-corrected chi connectivity index (χ4v) is 6.12. The van der Waals surface area contributed by atoms with Crippen molar-refractivity contribution in [3.63, 3.8) is 0 Å².